The van der Waals surface area contributed by atoms with Gasteiger partial charge in [0.25, 0.3) is 5.91 Å². The number of methoxy groups -OCH3 is 1. The molecule has 0 heterocycles. The molecule has 1 aromatic carbocycles. The Morgan fingerprint density at radius 1 is 1.44 bits per heavy atom. The van der Waals surface area contributed by atoms with Crippen LogP contribution in [0.4, 0.5) is 5.69 Å². The standard InChI is InChI=1S/C12H18N2O2/c1-8(2)14(3)12(15)9-5-6-10(13)11(7-9)16-4/h5-8H,13H2,1-4H3. The largest absolute Gasteiger partial charge is 0.495 e. The smallest absolute Gasteiger partial charge is 0.253 e. The number of amides is 1. The van der Waals surface area contributed by atoms with Gasteiger partial charge in [-0.05, 0) is 32.0 Å². The maximum absolute atomic E-state index is 12.0. The average molecular weight is 222 g/mol. The Hall–Kier alpha value is -1.71. The average Bonchev–Trinajstić information content (AvgIpc) is 2.27. The molecule has 4 nitrogen and oxygen atoms in total. The second-order valence-corrected chi connectivity index (χ2v) is 3.97. The highest BCUT2D eigenvalue weighted by Gasteiger charge is 2.15. The van der Waals surface area contributed by atoms with Crippen LogP contribution in [0.25, 0.3) is 0 Å². The van der Waals surface area contributed by atoms with Crippen LogP contribution in [0.5, 0.6) is 5.75 Å². The van der Waals surface area contributed by atoms with E-state index < -0.39 is 0 Å². The van der Waals surface area contributed by atoms with E-state index >= 15 is 0 Å². The third-order valence-electron chi connectivity index (χ3n) is 2.58. The van der Waals surface area contributed by atoms with Crippen molar-refractivity contribution in [3.05, 3.63) is 23.8 Å². The van der Waals surface area contributed by atoms with Gasteiger partial charge in [0.2, 0.25) is 0 Å². The summed E-state index contributed by atoms with van der Waals surface area (Å²) in [5.41, 5.74) is 6.81. The first-order valence-corrected chi connectivity index (χ1v) is 5.18. The van der Waals surface area contributed by atoms with E-state index in [0.717, 1.165) is 0 Å². The van der Waals surface area contributed by atoms with Gasteiger partial charge in [-0.1, -0.05) is 0 Å². The highest BCUT2D eigenvalue weighted by Crippen LogP contribution is 2.23. The van der Waals surface area contributed by atoms with E-state index in [-0.39, 0.29) is 11.9 Å². The third kappa shape index (κ3) is 2.45. The summed E-state index contributed by atoms with van der Waals surface area (Å²) in [7, 11) is 3.31. The van der Waals surface area contributed by atoms with Crippen LogP contribution in [0, 0.1) is 0 Å². The maximum atomic E-state index is 12.0. The van der Waals surface area contributed by atoms with Gasteiger partial charge in [-0.15, -0.1) is 0 Å². The van der Waals surface area contributed by atoms with Crippen molar-refractivity contribution in [1.82, 2.24) is 4.90 Å². The van der Waals surface area contributed by atoms with Crippen LogP contribution >= 0.6 is 0 Å². The number of benzene rings is 1. The minimum atomic E-state index is -0.0340. The third-order valence-corrected chi connectivity index (χ3v) is 2.58. The Balaban J connectivity index is 3.01. The van der Waals surface area contributed by atoms with E-state index in [1.807, 2.05) is 13.8 Å². The van der Waals surface area contributed by atoms with Crippen LogP contribution < -0.4 is 10.5 Å². The van der Waals surface area contributed by atoms with Gasteiger partial charge in [-0.3, -0.25) is 4.79 Å². The number of hydrogen-bond donors (Lipinski definition) is 1. The van der Waals surface area contributed by atoms with Crippen LogP contribution in [0.1, 0.15) is 24.2 Å². The number of carbonyl (C=O) groups excluding carboxylic acids is 1. The molecular formula is C12H18N2O2. The molecule has 0 bridgehead atoms. The van der Waals surface area contributed by atoms with Crippen LogP contribution in [-0.4, -0.2) is 31.0 Å². The van der Waals surface area contributed by atoms with Crippen LogP contribution in [-0.2, 0) is 0 Å². The fraction of sp³-hybridized carbons (Fsp3) is 0.417. The van der Waals surface area contributed by atoms with Crippen molar-refractivity contribution in [1.29, 1.82) is 0 Å². The fourth-order valence-corrected chi connectivity index (χ4v) is 1.28. The van der Waals surface area contributed by atoms with E-state index in [1.54, 1.807) is 30.1 Å². The Labute approximate surface area is 96.0 Å². The molecule has 0 aliphatic carbocycles. The number of nitrogen functional groups attached to an aromatic ring is 1. The van der Waals surface area contributed by atoms with Crippen LogP contribution in [0.15, 0.2) is 18.2 Å². The molecule has 0 aromatic heterocycles. The predicted molar refractivity (Wildman–Crippen MR) is 64.6 cm³/mol. The lowest BCUT2D eigenvalue weighted by Gasteiger charge is -2.21. The summed E-state index contributed by atoms with van der Waals surface area (Å²) in [4.78, 5) is 13.7. The zero-order valence-electron chi connectivity index (χ0n) is 10.2. The zero-order chi connectivity index (χ0) is 12.3. The molecule has 0 fully saturated rings. The molecule has 1 rings (SSSR count). The minimum Gasteiger partial charge on any atom is -0.495 e. The molecule has 1 amide bonds. The number of nitrogens with zero attached hydrogens (tertiary/aromatic N) is 1. The second kappa shape index (κ2) is 4.88. The van der Waals surface area contributed by atoms with E-state index in [9.17, 15) is 4.79 Å². The van der Waals surface area contributed by atoms with E-state index in [1.165, 1.54) is 7.11 Å². The summed E-state index contributed by atoms with van der Waals surface area (Å²) in [5, 5.41) is 0. The molecule has 0 saturated carbocycles. The van der Waals surface area contributed by atoms with Gasteiger partial charge in [-0.25, -0.2) is 0 Å². The molecule has 88 valence electrons. The molecule has 16 heavy (non-hydrogen) atoms. The van der Waals surface area contributed by atoms with Gasteiger partial charge >= 0.3 is 0 Å². The van der Waals surface area contributed by atoms with Crippen molar-refractivity contribution in [2.75, 3.05) is 19.9 Å². The SMILES string of the molecule is COc1cc(C(=O)N(C)C(C)C)ccc1N. The first-order valence-electron chi connectivity index (χ1n) is 5.18. The fourth-order valence-electron chi connectivity index (χ4n) is 1.28. The zero-order valence-corrected chi connectivity index (χ0v) is 10.2. The number of nitrogens with two attached hydrogens (primary N) is 1. The Kier molecular flexibility index (Phi) is 3.77. The molecule has 2 N–H and O–H groups in total. The number of ether oxygens (including phenoxy) is 1. The second-order valence-electron chi connectivity index (χ2n) is 3.97. The lowest BCUT2D eigenvalue weighted by Crippen LogP contribution is -2.32. The lowest BCUT2D eigenvalue weighted by atomic mass is 10.1. The molecule has 0 radical (unpaired) electrons. The molecule has 4 heteroatoms. The first-order chi connectivity index (χ1) is 7.47. The van der Waals surface area contributed by atoms with Gasteiger partial charge in [0.05, 0.1) is 12.8 Å². The summed E-state index contributed by atoms with van der Waals surface area (Å²) in [5.74, 6) is 0.497. The van der Waals surface area contributed by atoms with Crippen molar-refractivity contribution >= 4 is 11.6 Å². The quantitative estimate of drug-likeness (QED) is 0.793. The van der Waals surface area contributed by atoms with Crippen LogP contribution in [0.3, 0.4) is 0 Å². The minimum absolute atomic E-state index is 0.0340. The monoisotopic (exact) mass is 222 g/mol. The van der Waals surface area contributed by atoms with Gasteiger partial charge < -0.3 is 15.4 Å². The normalized spacial score (nSPS) is 10.3. The summed E-state index contributed by atoms with van der Waals surface area (Å²) in [6.07, 6.45) is 0. The Morgan fingerprint density at radius 2 is 2.06 bits per heavy atom. The Morgan fingerprint density at radius 3 is 2.56 bits per heavy atom. The number of rotatable bonds is 3. The number of carbonyl (C=O) groups is 1. The summed E-state index contributed by atoms with van der Waals surface area (Å²) in [6.45, 7) is 3.93. The van der Waals surface area contributed by atoms with Gasteiger partial charge in [0.1, 0.15) is 5.75 Å². The first kappa shape index (κ1) is 12.4. The van der Waals surface area contributed by atoms with Crippen molar-refractivity contribution in [3.63, 3.8) is 0 Å². The molecular weight excluding hydrogens is 204 g/mol. The van der Waals surface area contributed by atoms with Gasteiger partial charge in [0, 0.05) is 18.7 Å². The number of anilines is 1. The van der Waals surface area contributed by atoms with Crippen molar-refractivity contribution < 1.29 is 9.53 Å². The highest BCUT2D eigenvalue weighted by atomic mass is 16.5. The summed E-state index contributed by atoms with van der Waals surface area (Å²) in [6, 6.07) is 5.21. The molecule has 0 unspecified atom stereocenters. The summed E-state index contributed by atoms with van der Waals surface area (Å²) < 4.78 is 5.08. The van der Waals surface area contributed by atoms with E-state index in [0.29, 0.717) is 17.0 Å². The van der Waals surface area contributed by atoms with Crippen LogP contribution in [0.2, 0.25) is 0 Å². The van der Waals surface area contributed by atoms with Crippen molar-refractivity contribution in [2.24, 2.45) is 0 Å². The molecule has 1 aromatic rings. The number of hydrogen-bond acceptors (Lipinski definition) is 3. The molecule has 0 aliphatic rings. The molecule has 0 atom stereocenters. The van der Waals surface area contributed by atoms with Gasteiger partial charge in [0.15, 0.2) is 0 Å². The summed E-state index contributed by atoms with van der Waals surface area (Å²) >= 11 is 0. The maximum Gasteiger partial charge on any atom is 0.253 e. The topological polar surface area (TPSA) is 55.6 Å². The molecule has 0 spiro atoms. The highest BCUT2D eigenvalue weighted by molar-refractivity contribution is 5.95. The van der Waals surface area contributed by atoms with E-state index in [4.69, 9.17) is 10.5 Å². The molecule has 0 saturated heterocycles. The Bertz CT molecular complexity index is 389. The lowest BCUT2D eigenvalue weighted by molar-refractivity contribution is 0.0754. The van der Waals surface area contributed by atoms with E-state index in [2.05, 4.69) is 0 Å². The molecule has 0 aliphatic heterocycles. The predicted octanol–water partition coefficient (Wildman–Crippen LogP) is 1.76. The van der Waals surface area contributed by atoms with Gasteiger partial charge in [-0.2, -0.15) is 0 Å². The van der Waals surface area contributed by atoms with Crippen molar-refractivity contribution in [3.8, 4) is 5.75 Å². The van der Waals surface area contributed by atoms with Crippen molar-refractivity contribution in [2.45, 2.75) is 19.9 Å².